The van der Waals surface area contributed by atoms with Crippen LogP contribution in [0.25, 0.3) is 0 Å². The van der Waals surface area contributed by atoms with Gasteiger partial charge in [-0.2, -0.15) is 0 Å². The highest BCUT2D eigenvalue weighted by Crippen LogP contribution is 2.19. The molecule has 1 aromatic carbocycles. The van der Waals surface area contributed by atoms with Gasteiger partial charge in [0, 0.05) is 17.1 Å². The summed E-state index contributed by atoms with van der Waals surface area (Å²) in [5.41, 5.74) is 1.79. The Morgan fingerprint density at radius 1 is 1.33 bits per heavy atom. The summed E-state index contributed by atoms with van der Waals surface area (Å²) in [6.07, 6.45) is 0.121. The molecule has 92 valence electrons. The minimum Gasteiger partial charge on any atom is -0.292 e. The van der Waals surface area contributed by atoms with E-state index >= 15 is 0 Å². The van der Waals surface area contributed by atoms with Crippen LogP contribution in [0.4, 0.5) is 4.39 Å². The number of nitrogens with zero attached hydrogens (tertiary/aromatic N) is 1. The zero-order valence-corrected chi connectivity index (χ0v) is 10.5. The minimum atomic E-state index is -0.412. The highest BCUT2D eigenvalue weighted by molar-refractivity contribution is 6.31. The first kappa shape index (κ1) is 12.7. The molecule has 4 heteroatoms. The molecule has 2 nitrogen and oxygen atoms in total. The van der Waals surface area contributed by atoms with Gasteiger partial charge in [0.2, 0.25) is 0 Å². The molecule has 1 heterocycles. The molecule has 0 bridgehead atoms. The number of aromatic nitrogens is 1. The van der Waals surface area contributed by atoms with Gasteiger partial charge in [-0.3, -0.25) is 9.78 Å². The zero-order chi connectivity index (χ0) is 13.1. The van der Waals surface area contributed by atoms with E-state index in [9.17, 15) is 9.18 Å². The second-order valence-corrected chi connectivity index (χ2v) is 4.41. The number of halogens is 2. The van der Waals surface area contributed by atoms with E-state index < -0.39 is 5.82 Å². The molecule has 0 unspecified atom stereocenters. The molecular formula is C14H11ClFNO. The summed E-state index contributed by atoms with van der Waals surface area (Å²) in [6.45, 7) is 1.82. The van der Waals surface area contributed by atoms with E-state index in [4.69, 9.17) is 11.6 Å². The highest BCUT2D eigenvalue weighted by atomic mass is 35.5. The van der Waals surface area contributed by atoms with Crippen LogP contribution in [0, 0.1) is 12.7 Å². The Morgan fingerprint density at radius 3 is 2.78 bits per heavy atom. The van der Waals surface area contributed by atoms with Crippen molar-refractivity contribution in [2.24, 2.45) is 0 Å². The molecule has 0 spiro atoms. The molecule has 0 amide bonds. The molecule has 0 saturated carbocycles. The molecule has 0 radical (unpaired) electrons. The molecule has 2 aromatic rings. The number of hydrogen-bond donors (Lipinski definition) is 0. The minimum absolute atomic E-state index is 0.121. The molecule has 0 aliphatic heterocycles. The molecule has 0 aliphatic rings. The number of ketones is 1. The molecule has 1 aromatic heterocycles. The summed E-state index contributed by atoms with van der Waals surface area (Å²) < 4.78 is 12.9. The number of Topliss-reactive ketones (excluding diaryl/α,β-unsaturated/α-hetero) is 1. The van der Waals surface area contributed by atoms with Crippen molar-refractivity contribution in [3.63, 3.8) is 0 Å². The third-order valence-corrected chi connectivity index (χ3v) is 2.89. The second-order valence-electron chi connectivity index (χ2n) is 4.00. The lowest BCUT2D eigenvalue weighted by molar-refractivity contribution is 0.0988. The number of benzene rings is 1. The fraction of sp³-hybridized carbons (Fsp3) is 0.143. The highest BCUT2D eigenvalue weighted by Gasteiger charge is 2.11. The summed E-state index contributed by atoms with van der Waals surface area (Å²) in [6, 6.07) is 9.27. The van der Waals surface area contributed by atoms with Crippen LogP contribution in [0.15, 0.2) is 36.4 Å². The van der Waals surface area contributed by atoms with Crippen molar-refractivity contribution in [2.45, 2.75) is 13.3 Å². The van der Waals surface area contributed by atoms with E-state index in [0.29, 0.717) is 11.3 Å². The van der Waals surface area contributed by atoms with Gasteiger partial charge >= 0.3 is 0 Å². The maximum Gasteiger partial charge on any atom is 0.185 e. The number of rotatable bonds is 3. The van der Waals surface area contributed by atoms with Gasteiger partial charge in [-0.1, -0.05) is 23.7 Å². The van der Waals surface area contributed by atoms with Crippen LogP contribution in [0.1, 0.15) is 21.7 Å². The number of hydrogen-bond acceptors (Lipinski definition) is 2. The van der Waals surface area contributed by atoms with E-state index in [1.807, 2.05) is 13.0 Å². The largest absolute Gasteiger partial charge is 0.292 e. The van der Waals surface area contributed by atoms with E-state index in [1.54, 1.807) is 12.1 Å². The van der Waals surface area contributed by atoms with Crippen LogP contribution < -0.4 is 0 Å². The fourth-order valence-electron chi connectivity index (χ4n) is 1.63. The Kier molecular flexibility index (Phi) is 3.72. The molecule has 2 rings (SSSR count). The predicted molar refractivity (Wildman–Crippen MR) is 68.4 cm³/mol. The lowest BCUT2D eigenvalue weighted by Gasteiger charge is -2.04. The van der Waals surface area contributed by atoms with Crippen molar-refractivity contribution >= 4 is 17.4 Å². The van der Waals surface area contributed by atoms with Gasteiger partial charge in [0.05, 0.1) is 0 Å². The molecule has 0 fully saturated rings. The van der Waals surface area contributed by atoms with E-state index in [1.165, 1.54) is 18.2 Å². The van der Waals surface area contributed by atoms with Crippen LogP contribution in [-0.4, -0.2) is 10.8 Å². The van der Waals surface area contributed by atoms with Crippen molar-refractivity contribution < 1.29 is 9.18 Å². The van der Waals surface area contributed by atoms with Crippen LogP contribution in [-0.2, 0) is 6.42 Å². The quantitative estimate of drug-likeness (QED) is 0.792. The maximum absolute atomic E-state index is 12.9. The van der Waals surface area contributed by atoms with Crippen LogP contribution in [0.3, 0.4) is 0 Å². The van der Waals surface area contributed by atoms with Gasteiger partial charge in [-0.15, -0.1) is 0 Å². The SMILES string of the molecule is Cc1cccc(C(=O)Cc2ccc(F)cc2Cl)n1. The average molecular weight is 264 g/mol. The summed E-state index contributed by atoms with van der Waals surface area (Å²) in [5, 5.41) is 0.260. The first-order valence-electron chi connectivity index (χ1n) is 5.47. The third kappa shape index (κ3) is 2.93. The van der Waals surface area contributed by atoms with Gasteiger partial charge in [0.15, 0.2) is 5.78 Å². The number of aryl methyl sites for hydroxylation is 1. The Hall–Kier alpha value is -1.74. The summed E-state index contributed by atoms with van der Waals surface area (Å²) >= 11 is 5.88. The predicted octanol–water partition coefficient (Wildman–Crippen LogP) is 3.61. The van der Waals surface area contributed by atoms with Crippen molar-refractivity contribution in [3.8, 4) is 0 Å². The Balaban J connectivity index is 2.21. The van der Waals surface area contributed by atoms with E-state index in [-0.39, 0.29) is 17.2 Å². The molecular weight excluding hydrogens is 253 g/mol. The van der Waals surface area contributed by atoms with E-state index in [2.05, 4.69) is 4.98 Å². The van der Waals surface area contributed by atoms with Gasteiger partial charge in [-0.25, -0.2) is 4.39 Å². The maximum atomic E-state index is 12.9. The van der Waals surface area contributed by atoms with Crippen molar-refractivity contribution in [2.75, 3.05) is 0 Å². The Morgan fingerprint density at radius 2 is 2.11 bits per heavy atom. The van der Waals surface area contributed by atoms with Gasteiger partial charge < -0.3 is 0 Å². The molecule has 18 heavy (non-hydrogen) atoms. The van der Waals surface area contributed by atoms with Gasteiger partial charge in [0.25, 0.3) is 0 Å². The average Bonchev–Trinajstić information content (AvgIpc) is 2.32. The van der Waals surface area contributed by atoms with Crippen molar-refractivity contribution in [1.29, 1.82) is 0 Å². The number of pyridine rings is 1. The smallest absolute Gasteiger partial charge is 0.185 e. The lowest BCUT2D eigenvalue weighted by Crippen LogP contribution is -2.07. The standard InChI is InChI=1S/C14H11ClFNO/c1-9-3-2-4-13(17-9)14(18)7-10-5-6-11(16)8-12(10)15/h2-6,8H,7H2,1H3. The van der Waals surface area contributed by atoms with E-state index in [0.717, 1.165) is 5.69 Å². The van der Waals surface area contributed by atoms with Crippen LogP contribution in [0.5, 0.6) is 0 Å². The summed E-state index contributed by atoms with van der Waals surface area (Å²) in [4.78, 5) is 16.1. The van der Waals surface area contributed by atoms with Crippen LogP contribution >= 0.6 is 11.6 Å². The second kappa shape index (κ2) is 5.27. The summed E-state index contributed by atoms with van der Waals surface area (Å²) in [5.74, 6) is -0.544. The van der Waals surface area contributed by atoms with Crippen molar-refractivity contribution in [1.82, 2.24) is 4.98 Å². The zero-order valence-electron chi connectivity index (χ0n) is 9.78. The first-order chi connectivity index (χ1) is 8.56. The van der Waals surface area contributed by atoms with Crippen molar-refractivity contribution in [3.05, 3.63) is 64.2 Å². The number of carbonyl (C=O) groups excluding carboxylic acids is 1. The lowest BCUT2D eigenvalue weighted by atomic mass is 10.1. The molecule has 0 N–H and O–H groups in total. The van der Waals surface area contributed by atoms with Crippen LogP contribution in [0.2, 0.25) is 5.02 Å². The van der Waals surface area contributed by atoms with Gasteiger partial charge in [0.1, 0.15) is 11.5 Å². The molecule has 0 atom stereocenters. The first-order valence-corrected chi connectivity index (χ1v) is 5.85. The number of carbonyl (C=O) groups is 1. The Labute approximate surface area is 109 Å². The fourth-order valence-corrected chi connectivity index (χ4v) is 1.86. The molecule has 0 aliphatic carbocycles. The normalized spacial score (nSPS) is 10.4. The third-order valence-electron chi connectivity index (χ3n) is 2.54. The van der Waals surface area contributed by atoms with Gasteiger partial charge in [-0.05, 0) is 36.8 Å². The monoisotopic (exact) mass is 263 g/mol. The molecule has 0 saturated heterocycles. The Bertz CT molecular complexity index is 598. The summed E-state index contributed by atoms with van der Waals surface area (Å²) in [7, 11) is 0. The topological polar surface area (TPSA) is 30.0 Å².